The maximum absolute atomic E-state index is 12.3. The third kappa shape index (κ3) is 4.43. The van der Waals surface area contributed by atoms with Crippen molar-refractivity contribution in [3.8, 4) is 0 Å². The second-order valence-corrected chi connectivity index (χ2v) is 7.95. The van der Waals surface area contributed by atoms with Crippen LogP contribution < -0.4 is 11.1 Å². The molecule has 0 atom stereocenters. The average molecular weight is 404 g/mol. The molecule has 0 spiro atoms. The van der Waals surface area contributed by atoms with E-state index in [9.17, 15) is 9.59 Å². The minimum absolute atomic E-state index is 0.298. The monoisotopic (exact) mass is 403 g/mol. The Balaban J connectivity index is 1.70. The quantitative estimate of drug-likeness (QED) is 0.651. The highest BCUT2D eigenvalue weighted by atomic mass is 35.5. The van der Waals surface area contributed by atoms with Crippen molar-refractivity contribution >= 4 is 52.2 Å². The highest BCUT2D eigenvalue weighted by molar-refractivity contribution is 8.01. The lowest BCUT2D eigenvalue weighted by Crippen LogP contribution is -2.14. The molecular formula is C18H14ClN3O2S2. The maximum Gasteiger partial charge on any atom is 0.255 e. The fraction of sp³-hybridized carbons (Fsp3) is 0.0556. The van der Waals surface area contributed by atoms with Crippen LogP contribution in [0.2, 0.25) is 5.02 Å². The van der Waals surface area contributed by atoms with Gasteiger partial charge in [-0.25, -0.2) is 4.98 Å². The first-order valence-corrected chi connectivity index (χ1v) is 9.60. The normalized spacial score (nSPS) is 10.5. The molecule has 3 aromatic rings. The number of thiazole rings is 1. The molecule has 132 valence electrons. The number of amides is 2. The lowest BCUT2D eigenvalue weighted by molar-refractivity contribution is 0.0995. The number of hydrogen-bond donors (Lipinski definition) is 2. The smallest absolute Gasteiger partial charge is 0.255 e. The molecule has 0 aliphatic carbocycles. The Morgan fingerprint density at radius 3 is 2.42 bits per heavy atom. The third-order valence-electron chi connectivity index (χ3n) is 3.42. The highest BCUT2D eigenvalue weighted by Crippen LogP contribution is 2.36. The van der Waals surface area contributed by atoms with Crippen LogP contribution >= 0.6 is 34.7 Å². The molecule has 3 N–H and O–H groups in total. The van der Waals surface area contributed by atoms with Crippen LogP contribution in [0.4, 0.5) is 5.69 Å². The van der Waals surface area contributed by atoms with Gasteiger partial charge in [-0.1, -0.05) is 23.4 Å². The molecular weight excluding hydrogens is 390 g/mol. The van der Waals surface area contributed by atoms with Crippen LogP contribution in [0.5, 0.6) is 0 Å². The number of primary amides is 1. The van der Waals surface area contributed by atoms with E-state index in [4.69, 9.17) is 17.3 Å². The lowest BCUT2D eigenvalue weighted by atomic mass is 10.1. The van der Waals surface area contributed by atoms with Gasteiger partial charge in [-0.15, -0.1) is 11.3 Å². The minimum Gasteiger partial charge on any atom is -0.366 e. The average Bonchev–Trinajstić information content (AvgIpc) is 3.02. The van der Waals surface area contributed by atoms with Gasteiger partial charge >= 0.3 is 0 Å². The summed E-state index contributed by atoms with van der Waals surface area (Å²) in [5.74, 6) is -0.833. The van der Waals surface area contributed by atoms with Gasteiger partial charge < -0.3 is 11.1 Å². The van der Waals surface area contributed by atoms with Crippen LogP contribution in [0, 0.1) is 6.92 Å². The maximum atomic E-state index is 12.3. The molecule has 0 bridgehead atoms. The van der Waals surface area contributed by atoms with Crippen LogP contribution in [-0.4, -0.2) is 16.8 Å². The number of aromatic nitrogens is 1. The minimum atomic E-state index is -0.535. The number of aryl methyl sites for hydroxylation is 1. The fourth-order valence-electron chi connectivity index (χ4n) is 2.12. The zero-order valence-electron chi connectivity index (χ0n) is 13.7. The highest BCUT2D eigenvalue weighted by Gasteiger charge is 2.10. The summed E-state index contributed by atoms with van der Waals surface area (Å²) in [6.45, 7) is 1.94. The van der Waals surface area contributed by atoms with Crippen molar-refractivity contribution in [3.63, 3.8) is 0 Å². The van der Waals surface area contributed by atoms with Crippen molar-refractivity contribution in [3.05, 3.63) is 69.7 Å². The molecule has 0 aliphatic rings. The van der Waals surface area contributed by atoms with E-state index < -0.39 is 5.91 Å². The summed E-state index contributed by atoms with van der Waals surface area (Å²) in [5.41, 5.74) is 7.51. The van der Waals surface area contributed by atoms with Gasteiger partial charge in [0.15, 0.2) is 4.34 Å². The van der Waals surface area contributed by atoms with Gasteiger partial charge in [0.25, 0.3) is 5.91 Å². The van der Waals surface area contributed by atoms with Gasteiger partial charge in [-0.3, -0.25) is 9.59 Å². The van der Waals surface area contributed by atoms with Crippen LogP contribution in [0.3, 0.4) is 0 Å². The first kappa shape index (κ1) is 18.4. The van der Waals surface area contributed by atoms with Gasteiger partial charge in [0.1, 0.15) is 0 Å². The molecule has 0 unspecified atom stereocenters. The largest absolute Gasteiger partial charge is 0.366 e. The van der Waals surface area contributed by atoms with Crippen LogP contribution in [0.15, 0.2) is 57.1 Å². The summed E-state index contributed by atoms with van der Waals surface area (Å²) in [6, 6.07) is 11.4. The Morgan fingerprint density at radius 1 is 1.15 bits per heavy atom. The summed E-state index contributed by atoms with van der Waals surface area (Å²) < 4.78 is 0.913. The van der Waals surface area contributed by atoms with Crippen molar-refractivity contribution in [1.82, 2.24) is 4.98 Å². The van der Waals surface area contributed by atoms with E-state index in [1.165, 1.54) is 23.9 Å². The molecule has 3 rings (SSSR count). The summed E-state index contributed by atoms with van der Waals surface area (Å²) in [5, 5.41) is 5.29. The topological polar surface area (TPSA) is 85.1 Å². The van der Waals surface area contributed by atoms with Crippen molar-refractivity contribution in [1.29, 1.82) is 0 Å². The molecule has 2 amide bonds. The van der Waals surface area contributed by atoms with Crippen molar-refractivity contribution in [2.45, 2.75) is 16.2 Å². The Kier molecular flexibility index (Phi) is 5.61. The first-order valence-electron chi connectivity index (χ1n) is 7.53. The molecule has 1 heterocycles. The third-order valence-corrected chi connectivity index (χ3v) is 5.97. The summed E-state index contributed by atoms with van der Waals surface area (Å²) in [4.78, 5) is 28.6. The number of carbonyl (C=O) groups is 2. The van der Waals surface area contributed by atoms with Crippen LogP contribution in [-0.2, 0) is 0 Å². The Hall–Kier alpha value is -2.35. The number of nitrogens with zero attached hydrogens (tertiary/aromatic N) is 1. The number of carbonyl (C=O) groups excluding carboxylic acids is 2. The number of rotatable bonds is 5. The number of anilines is 1. The molecule has 2 aromatic carbocycles. The molecule has 0 saturated carbocycles. The van der Waals surface area contributed by atoms with Crippen molar-refractivity contribution in [2.24, 2.45) is 5.73 Å². The Morgan fingerprint density at radius 2 is 1.85 bits per heavy atom. The van der Waals surface area contributed by atoms with Gasteiger partial charge in [0, 0.05) is 32.8 Å². The van der Waals surface area contributed by atoms with Crippen molar-refractivity contribution < 1.29 is 9.59 Å². The predicted octanol–water partition coefficient (Wildman–Crippen LogP) is 4.61. The van der Waals surface area contributed by atoms with E-state index in [1.807, 2.05) is 18.4 Å². The molecule has 0 fully saturated rings. The molecule has 1 aromatic heterocycles. The number of halogens is 1. The van der Waals surface area contributed by atoms with E-state index in [0.717, 1.165) is 14.9 Å². The molecule has 26 heavy (non-hydrogen) atoms. The van der Waals surface area contributed by atoms with Crippen LogP contribution in [0.25, 0.3) is 0 Å². The van der Waals surface area contributed by atoms with E-state index in [1.54, 1.807) is 35.6 Å². The standard InChI is InChI=1S/C18H14ClN3O2S2/c1-10-9-25-18(21-10)26-15-7-6-13(8-14(15)19)22-17(24)12-4-2-11(3-5-12)16(20)23/h2-9H,1H3,(H2,20,23)(H,22,24). The van der Waals surface area contributed by atoms with E-state index in [2.05, 4.69) is 10.3 Å². The second kappa shape index (κ2) is 7.90. The first-order chi connectivity index (χ1) is 12.4. The number of benzene rings is 2. The Bertz CT molecular complexity index is 971. The zero-order valence-corrected chi connectivity index (χ0v) is 16.0. The zero-order chi connectivity index (χ0) is 18.7. The summed E-state index contributed by atoms with van der Waals surface area (Å²) >= 11 is 9.37. The molecule has 0 aliphatic heterocycles. The fourth-order valence-corrected chi connectivity index (χ4v) is 4.22. The summed E-state index contributed by atoms with van der Waals surface area (Å²) in [7, 11) is 0. The van der Waals surface area contributed by atoms with Crippen molar-refractivity contribution in [2.75, 3.05) is 5.32 Å². The van der Waals surface area contributed by atoms with Gasteiger partial charge in [-0.2, -0.15) is 0 Å². The van der Waals surface area contributed by atoms with Gasteiger partial charge in [-0.05, 0) is 49.4 Å². The van der Waals surface area contributed by atoms with Gasteiger partial charge in [0.2, 0.25) is 5.91 Å². The lowest BCUT2D eigenvalue weighted by Gasteiger charge is -2.08. The van der Waals surface area contributed by atoms with Gasteiger partial charge in [0.05, 0.1) is 5.02 Å². The van der Waals surface area contributed by atoms with Crippen LogP contribution in [0.1, 0.15) is 26.4 Å². The van der Waals surface area contributed by atoms with E-state index in [0.29, 0.717) is 21.8 Å². The molecule has 0 saturated heterocycles. The predicted molar refractivity (Wildman–Crippen MR) is 105 cm³/mol. The number of nitrogens with one attached hydrogen (secondary N) is 1. The molecule has 5 nitrogen and oxygen atoms in total. The number of hydrogen-bond acceptors (Lipinski definition) is 5. The van der Waals surface area contributed by atoms with E-state index >= 15 is 0 Å². The van der Waals surface area contributed by atoms with E-state index in [-0.39, 0.29) is 5.91 Å². The molecule has 0 radical (unpaired) electrons. The molecule has 8 heteroatoms. The number of nitrogens with two attached hydrogens (primary N) is 1. The SMILES string of the molecule is Cc1csc(Sc2ccc(NC(=O)c3ccc(C(N)=O)cc3)cc2Cl)n1. The Labute approximate surface area is 163 Å². The summed E-state index contributed by atoms with van der Waals surface area (Å²) in [6.07, 6.45) is 0. The second-order valence-electron chi connectivity index (χ2n) is 5.40.